The molecule has 1 aliphatic heterocycles. The largest absolute Gasteiger partial charge is 0.462 e. The molecule has 1 fully saturated rings. The van der Waals surface area contributed by atoms with Gasteiger partial charge >= 0.3 is 14.2 Å². The summed E-state index contributed by atoms with van der Waals surface area (Å²) in [6.07, 6.45) is -5.47. The van der Waals surface area contributed by atoms with Crippen molar-refractivity contribution in [3.05, 3.63) is 12.2 Å². The molecule has 0 aromatic carbocycles. The molecule has 5 N–H and O–H groups in total. The number of fused-ring (bicyclic) bond motifs is 1. The molecule has 3 rings (SSSR count). The molecule has 15 heteroatoms. The van der Waals surface area contributed by atoms with Gasteiger partial charge in [-0.2, -0.15) is 0 Å². The highest BCUT2D eigenvalue weighted by atomic mass is 31.1. The van der Waals surface area contributed by atoms with Gasteiger partial charge < -0.3 is 35.1 Å². The lowest BCUT2D eigenvalue weighted by Gasteiger charge is -2.19. The van der Waals surface area contributed by atoms with E-state index in [4.69, 9.17) is 24.8 Å². The van der Waals surface area contributed by atoms with Gasteiger partial charge in [0.15, 0.2) is 17.7 Å². The van der Waals surface area contributed by atoms with E-state index in [1.807, 2.05) is 0 Å². The van der Waals surface area contributed by atoms with E-state index >= 15 is 0 Å². The molecular formula is C15H22N5O9P. The Balaban J connectivity index is 1.75. The summed E-state index contributed by atoms with van der Waals surface area (Å²) < 4.78 is 32.4. The fourth-order valence-electron chi connectivity index (χ4n) is 2.97. The highest BCUT2D eigenvalue weighted by Gasteiger charge is 2.45. The smallest absolute Gasteiger partial charge is 0.363 e. The Morgan fingerprint density at radius 1 is 1.40 bits per heavy atom. The molecule has 3 heterocycles. The number of hydrogen-bond donors (Lipinski definition) is 4. The van der Waals surface area contributed by atoms with E-state index in [-0.39, 0.29) is 12.4 Å². The molecule has 0 aliphatic carbocycles. The van der Waals surface area contributed by atoms with Gasteiger partial charge in [0.25, 0.3) is 6.29 Å². The third-order valence-corrected chi connectivity index (χ3v) is 4.69. The first-order chi connectivity index (χ1) is 14.2. The number of nitrogen functional groups attached to an aromatic ring is 1. The number of esters is 1. The van der Waals surface area contributed by atoms with Gasteiger partial charge in [0, 0.05) is 0 Å². The van der Waals surface area contributed by atoms with Crippen molar-refractivity contribution in [2.75, 3.05) is 18.9 Å². The van der Waals surface area contributed by atoms with E-state index in [1.165, 1.54) is 17.8 Å². The summed E-state index contributed by atoms with van der Waals surface area (Å²) in [7, 11) is -3.51. The van der Waals surface area contributed by atoms with Gasteiger partial charge in [-0.25, -0.2) is 19.7 Å². The standard InChI is InChI=1S/C15H22N5O9P/c1-3-26-14(23)15(29-30(24)25)27-4-7-9(21)10(22)13(28-7)20-5-17-8-11(16)18-6(2)19-12(8)20/h5,7,9-10,13,15,21-22,30H,3-4H2,1-2H3,(H,24,25)(H2,16,18,19)/t7-,9-,10-,13-,15+/m0/s1. The van der Waals surface area contributed by atoms with Crippen LogP contribution in [-0.4, -0.2) is 78.4 Å². The molecule has 0 saturated carbocycles. The molecule has 2 aromatic heterocycles. The van der Waals surface area contributed by atoms with Crippen LogP contribution in [0.25, 0.3) is 11.2 Å². The minimum atomic E-state index is -3.51. The van der Waals surface area contributed by atoms with Crippen LogP contribution >= 0.6 is 8.25 Å². The maximum absolute atomic E-state index is 11.8. The molecule has 0 spiro atoms. The van der Waals surface area contributed by atoms with Gasteiger partial charge in [0.05, 0.1) is 19.5 Å². The average molecular weight is 447 g/mol. The van der Waals surface area contributed by atoms with E-state index in [2.05, 4.69) is 19.5 Å². The van der Waals surface area contributed by atoms with Gasteiger partial charge in [0.2, 0.25) is 0 Å². The molecular weight excluding hydrogens is 425 g/mol. The molecule has 166 valence electrons. The van der Waals surface area contributed by atoms with Crippen LogP contribution < -0.4 is 5.73 Å². The predicted molar refractivity (Wildman–Crippen MR) is 99.1 cm³/mol. The van der Waals surface area contributed by atoms with E-state index in [1.54, 1.807) is 6.92 Å². The van der Waals surface area contributed by atoms with Crippen molar-refractivity contribution >= 4 is 31.2 Å². The first kappa shape index (κ1) is 22.5. The SMILES string of the molecule is CCOC(=O)[C@H](OC[C@@H]1O[C@H](n2cnc3c(N)nc(C)nc32)[C@@H](O)[C@H]1O)O[PH](=O)O. The molecule has 6 atom stereocenters. The summed E-state index contributed by atoms with van der Waals surface area (Å²) in [5, 5.41) is 20.8. The Labute approximate surface area is 170 Å². The van der Waals surface area contributed by atoms with Crippen molar-refractivity contribution in [2.45, 2.75) is 44.7 Å². The van der Waals surface area contributed by atoms with E-state index in [0.717, 1.165) is 0 Å². The fourth-order valence-corrected chi connectivity index (χ4v) is 3.32. The molecule has 1 unspecified atom stereocenters. The molecule has 30 heavy (non-hydrogen) atoms. The van der Waals surface area contributed by atoms with Gasteiger partial charge in [-0.15, -0.1) is 0 Å². The predicted octanol–water partition coefficient (Wildman–Crippen LogP) is -1.36. The topological polar surface area (TPSA) is 201 Å². The number of rotatable bonds is 8. The third kappa shape index (κ3) is 4.59. The average Bonchev–Trinajstić information content (AvgIpc) is 3.21. The molecule has 1 saturated heterocycles. The molecule has 2 aromatic rings. The summed E-state index contributed by atoms with van der Waals surface area (Å²) in [4.78, 5) is 33.1. The number of hydrogen-bond acceptors (Lipinski definition) is 12. The number of ether oxygens (including phenoxy) is 3. The van der Waals surface area contributed by atoms with Gasteiger partial charge in [-0.3, -0.25) is 13.7 Å². The number of imidazole rings is 1. The zero-order valence-electron chi connectivity index (χ0n) is 16.0. The first-order valence-corrected chi connectivity index (χ1v) is 10.1. The summed E-state index contributed by atoms with van der Waals surface area (Å²) in [5.74, 6) is -0.487. The van der Waals surface area contributed by atoms with E-state index in [0.29, 0.717) is 17.0 Å². The van der Waals surface area contributed by atoms with Crippen LogP contribution in [0.15, 0.2) is 6.33 Å². The van der Waals surface area contributed by atoms with Gasteiger partial charge in [-0.1, -0.05) is 0 Å². The molecule has 0 bridgehead atoms. The van der Waals surface area contributed by atoms with Crippen LogP contribution in [0.3, 0.4) is 0 Å². The number of aliphatic hydroxyl groups excluding tert-OH is 2. The highest BCUT2D eigenvalue weighted by Crippen LogP contribution is 2.32. The number of aryl methyl sites for hydroxylation is 1. The van der Waals surface area contributed by atoms with Crippen LogP contribution in [-0.2, 0) is 28.1 Å². The van der Waals surface area contributed by atoms with Crippen molar-refractivity contribution in [3.8, 4) is 0 Å². The molecule has 14 nitrogen and oxygen atoms in total. The van der Waals surface area contributed by atoms with Crippen molar-refractivity contribution in [1.82, 2.24) is 19.5 Å². The Kier molecular flexibility index (Phi) is 6.98. The third-order valence-electron chi connectivity index (χ3n) is 4.27. The summed E-state index contributed by atoms with van der Waals surface area (Å²) in [5.41, 5.74) is 6.43. The second-order valence-corrected chi connectivity index (χ2v) is 7.09. The van der Waals surface area contributed by atoms with E-state index in [9.17, 15) is 19.6 Å². The van der Waals surface area contributed by atoms with Crippen LogP contribution in [0, 0.1) is 6.92 Å². The van der Waals surface area contributed by atoms with Crippen LogP contribution in [0.2, 0.25) is 0 Å². The monoisotopic (exact) mass is 447 g/mol. The summed E-state index contributed by atoms with van der Waals surface area (Å²) >= 11 is 0. The number of aliphatic hydroxyl groups is 2. The Hall–Kier alpha value is -2.19. The lowest BCUT2D eigenvalue weighted by atomic mass is 10.1. The number of nitrogens with two attached hydrogens (primary N) is 1. The first-order valence-electron chi connectivity index (χ1n) is 8.89. The summed E-state index contributed by atoms with van der Waals surface area (Å²) in [6, 6.07) is 0. The number of carbonyl (C=O) groups is 1. The van der Waals surface area contributed by atoms with Crippen molar-refractivity contribution in [2.24, 2.45) is 0 Å². The highest BCUT2D eigenvalue weighted by molar-refractivity contribution is 7.32. The lowest BCUT2D eigenvalue weighted by molar-refractivity contribution is -0.185. The zero-order chi connectivity index (χ0) is 22.0. The van der Waals surface area contributed by atoms with Gasteiger partial charge in [-0.05, 0) is 13.8 Å². The van der Waals surface area contributed by atoms with Crippen molar-refractivity contribution < 1.29 is 43.2 Å². The van der Waals surface area contributed by atoms with Crippen LogP contribution in [0.1, 0.15) is 19.0 Å². The Morgan fingerprint density at radius 2 is 2.13 bits per heavy atom. The number of nitrogens with zero attached hydrogens (tertiary/aromatic N) is 4. The van der Waals surface area contributed by atoms with Crippen molar-refractivity contribution in [1.29, 1.82) is 0 Å². The molecule has 0 amide bonds. The molecule has 1 aliphatic rings. The zero-order valence-corrected chi connectivity index (χ0v) is 17.0. The number of aromatic nitrogens is 4. The maximum Gasteiger partial charge on any atom is 0.363 e. The fraction of sp³-hybridized carbons (Fsp3) is 0.600. The number of anilines is 1. The Morgan fingerprint density at radius 3 is 2.80 bits per heavy atom. The molecule has 0 radical (unpaired) electrons. The second-order valence-electron chi connectivity index (χ2n) is 6.33. The number of carbonyl (C=O) groups excluding carboxylic acids is 1. The van der Waals surface area contributed by atoms with Crippen LogP contribution in [0.5, 0.6) is 0 Å². The van der Waals surface area contributed by atoms with Gasteiger partial charge in [0.1, 0.15) is 29.7 Å². The summed E-state index contributed by atoms with van der Waals surface area (Å²) in [6.45, 7) is 2.72. The van der Waals surface area contributed by atoms with Crippen molar-refractivity contribution in [3.63, 3.8) is 0 Å². The minimum Gasteiger partial charge on any atom is -0.462 e. The minimum absolute atomic E-state index is 0.00410. The maximum atomic E-state index is 11.8. The van der Waals surface area contributed by atoms with E-state index < -0.39 is 51.7 Å². The second kappa shape index (κ2) is 9.31. The van der Waals surface area contributed by atoms with Crippen LogP contribution in [0.4, 0.5) is 5.82 Å². The normalized spacial score (nSPS) is 26.0. The lowest BCUT2D eigenvalue weighted by Crippen LogP contribution is -2.37. The Bertz CT molecular complexity index is 941. The quantitative estimate of drug-likeness (QED) is 0.210.